The number of benzene rings is 2. The summed E-state index contributed by atoms with van der Waals surface area (Å²) in [5.41, 5.74) is 6.14. The van der Waals surface area contributed by atoms with Crippen molar-refractivity contribution in [2.75, 3.05) is 11.1 Å². The predicted molar refractivity (Wildman–Crippen MR) is 107 cm³/mol. The molecule has 0 bridgehead atoms. The summed E-state index contributed by atoms with van der Waals surface area (Å²) < 4.78 is 15.0. The fourth-order valence-corrected chi connectivity index (χ4v) is 4.71. The second kappa shape index (κ2) is 6.85. The van der Waals surface area contributed by atoms with E-state index in [1.54, 1.807) is 28.6 Å². The summed E-state index contributed by atoms with van der Waals surface area (Å²) in [4.78, 5) is 12.4. The normalized spacial score (nSPS) is 16.6. The predicted octanol–water partition coefficient (Wildman–Crippen LogP) is 4.71. The van der Waals surface area contributed by atoms with Crippen molar-refractivity contribution in [2.45, 2.75) is 26.0 Å². The zero-order valence-corrected chi connectivity index (χ0v) is 16.2. The van der Waals surface area contributed by atoms with E-state index in [0.29, 0.717) is 17.3 Å². The van der Waals surface area contributed by atoms with Crippen LogP contribution in [0, 0.1) is 26.6 Å². The van der Waals surface area contributed by atoms with Crippen molar-refractivity contribution < 1.29 is 9.18 Å². The minimum absolute atomic E-state index is 0.00745. The van der Waals surface area contributed by atoms with Crippen LogP contribution in [0.3, 0.4) is 0 Å². The topological polar surface area (TPSA) is 46.9 Å². The molecule has 1 aliphatic heterocycles. The Labute approximate surface area is 161 Å². The van der Waals surface area contributed by atoms with E-state index in [2.05, 4.69) is 42.5 Å². The van der Waals surface area contributed by atoms with Crippen LogP contribution in [0.25, 0.3) is 5.69 Å². The minimum atomic E-state index is -0.304. The van der Waals surface area contributed by atoms with E-state index >= 15 is 0 Å². The van der Waals surface area contributed by atoms with Crippen LogP contribution in [0.1, 0.15) is 33.2 Å². The molecule has 27 heavy (non-hydrogen) atoms. The Kier molecular flexibility index (Phi) is 4.52. The molecule has 0 fully saturated rings. The minimum Gasteiger partial charge on any atom is -0.310 e. The molecule has 1 atom stereocenters. The van der Waals surface area contributed by atoms with Crippen molar-refractivity contribution in [3.05, 3.63) is 76.2 Å². The monoisotopic (exact) mass is 381 g/mol. The molecule has 0 saturated heterocycles. The third-order valence-electron chi connectivity index (χ3n) is 4.80. The number of carbonyl (C=O) groups is 1. The lowest BCUT2D eigenvalue weighted by Gasteiger charge is -2.18. The van der Waals surface area contributed by atoms with Gasteiger partial charge in [-0.15, -0.1) is 11.8 Å². The number of thioether (sulfide) groups is 1. The lowest BCUT2D eigenvalue weighted by molar-refractivity contribution is -0.113. The molecule has 6 heteroatoms. The van der Waals surface area contributed by atoms with E-state index in [1.165, 1.54) is 28.8 Å². The number of aryl methyl sites for hydroxylation is 3. The van der Waals surface area contributed by atoms with Crippen LogP contribution in [-0.2, 0) is 4.79 Å². The van der Waals surface area contributed by atoms with E-state index in [0.717, 1.165) is 11.3 Å². The van der Waals surface area contributed by atoms with Gasteiger partial charge in [0.1, 0.15) is 11.6 Å². The molecule has 0 spiro atoms. The zero-order chi connectivity index (χ0) is 19.1. The lowest BCUT2D eigenvalue weighted by atomic mass is 9.98. The first-order valence-electron chi connectivity index (χ1n) is 8.78. The molecule has 0 radical (unpaired) electrons. The van der Waals surface area contributed by atoms with Crippen molar-refractivity contribution in [2.24, 2.45) is 0 Å². The average Bonchev–Trinajstić information content (AvgIpc) is 2.84. The zero-order valence-electron chi connectivity index (χ0n) is 15.4. The molecule has 0 saturated carbocycles. The molecule has 1 unspecified atom stereocenters. The van der Waals surface area contributed by atoms with E-state index in [4.69, 9.17) is 0 Å². The smallest absolute Gasteiger partial charge is 0.235 e. The molecule has 4 nitrogen and oxygen atoms in total. The van der Waals surface area contributed by atoms with Gasteiger partial charge in [-0.1, -0.05) is 23.8 Å². The Balaban J connectivity index is 1.91. The Morgan fingerprint density at radius 1 is 1.15 bits per heavy atom. The Hall–Kier alpha value is -2.60. The number of nitrogens with zero attached hydrogens (tertiary/aromatic N) is 2. The molecule has 138 valence electrons. The first-order valence-corrected chi connectivity index (χ1v) is 9.83. The molecule has 1 aromatic heterocycles. The van der Waals surface area contributed by atoms with E-state index < -0.39 is 0 Å². The Morgan fingerprint density at radius 2 is 1.89 bits per heavy atom. The van der Waals surface area contributed by atoms with Gasteiger partial charge in [-0.05, 0) is 56.2 Å². The van der Waals surface area contributed by atoms with E-state index in [9.17, 15) is 9.18 Å². The van der Waals surface area contributed by atoms with Crippen LogP contribution in [0.2, 0.25) is 0 Å². The number of anilines is 1. The maximum atomic E-state index is 13.3. The molecular formula is C21H20FN3OS. The molecular weight excluding hydrogens is 361 g/mol. The fourth-order valence-electron chi connectivity index (χ4n) is 3.44. The standard InChI is InChI=1S/C21H20FN3OS/c1-12-4-5-13(2)17(10-12)20-19-14(3)24-25(16-8-6-15(22)7-9-16)21(19)23-18(26)11-27-20/h4-10,20H,11H2,1-3H3,(H,23,26). The van der Waals surface area contributed by atoms with Gasteiger partial charge in [0, 0.05) is 5.56 Å². The van der Waals surface area contributed by atoms with Crippen molar-refractivity contribution in [3.63, 3.8) is 0 Å². The number of rotatable bonds is 2. The fraction of sp³-hybridized carbons (Fsp3) is 0.238. The average molecular weight is 381 g/mol. The van der Waals surface area contributed by atoms with Crippen molar-refractivity contribution in [1.29, 1.82) is 0 Å². The number of amides is 1. The van der Waals surface area contributed by atoms with Gasteiger partial charge < -0.3 is 5.32 Å². The van der Waals surface area contributed by atoms with Crippen LogP contribution in [-0.4, -0.2) is 21.4 Å². The van der Waals surface area contributed by atoms with Gasteiger partial charge >= 0.3 is 0 Å². The summed E-state index contributed by atoms with van der Waals surface area (Å²) in [5.74, 6) is 0.675. The number of aromatic nitrogens is 2. The summed E-state index contributed by atoms with van der Waals surface area (Å²) in [7, 11) is 0. The number of halogens is 1. The molecule has 1 aliphatic rings. The highest BCUT2D eigenvalue weighted by atomic mass is 32.2. The highest BCUT2D eigenvalue weighted by Gasteiger charge is 2.31. The van der Waals surface area contributed by atoms with E-state index in [-0.39, 0.29) is 17.0 Å². The first-order chi connectivity index (χ1) is 12.9. The van der Waals surface area contributed by atoms with E-state index in [1.807, 2.05) is 6.92 Å². The molecule has 3 aromatic rings. The maximum Gasteiger partial charge on any atom is 0.235 e. The van der Waals surface area contributed by atoms with Crippen LogP contribution < -0.4 is 5.32 Å². The molecule has 0 aliphatic carbocycles. The third-order valence-corrected chi connectivity index (χ3v) is 6.05. The van der Waals surface area contributed by atoms with Gasteiger partial charge in [0.25, 0.3) is 0 Å². The van der Waals surface area contributed by atoms with Gasteiger partial charge in [0.2, 0.25) is 5.91 Å². The van der Waals surface area contributed by atoms with Gasteiger partial charge in [0.15, 0.2) is 0 Å². The third kappa shape index (κ3) is 3.25. The van der Waals surface area contributed by atoms with Crippen LogP contribution in [0.4, 0.5) is 10.2 Å². The summed E-state index contributed by atoms with van der Waals surface area (Å²) in [6, 6.07) is 12.5. The van der Waals surface area contributed by atoms with Gasteiger partial charge in [-0.25, -0.2) is 9.07 Å². The van der Waals surface area contributed by atoms with Crippen molar-refractivity contribution in [1.82, 2.24) is 9.78 Å². The highest BCUT2D eigenvalue weighted by molar-refractivity contribution is 8.00. The van der Waals surface area contributed by atoms with Gasteiger partial charge in [-0.3, -0.25) is 4.79 Å². The summed E-state index contributed by atoms with van der Waals surface area (Å²) in [6.07, 6.45) is 0. The summed E-state index contributed by atoms with van der Waals surface area (Å²) >= 11 is 1.61. The number of carbonyl (C=O) groups excluding carboxylic acids is 1. The molecule has 2 heterocycles. The van der Waals surface area contributed by atoms with Gasteiger partial charge in [-0.2, -0.15) is 5.10 Å². The lowest BCUT2D eigenvalue weighted by Crippen LogP contribution is -2.15. The number of hydrogen-bond acceptors (Lipinski definition) is 3. The molecule has 1 N–H and O–H groups in total. The molecule has 1 amide bonds. The first kappa shape index (κ1) is 17.8. The summed E-state index contributed by atoms with van der Waals surface area (Å²) in [5, 5.41) is 7.68. The molecule has 2 aromatic carbocycles. The quantitative estimate of drug-likeness (QED) is 0.699. The van der Waals surface area contributed by atoms with Gasteiger partial charge in [0.05, 0.1) is 22.4 Å². The number of nitrogens with one attached hydrogen (secondary N) is 1. The molecule has 4 rings (SSSR count). The van der Waals surface area contributed by atoms with Crippen LogP contribution in [0.5, 0.6) is 0 Å². The Bertz CT molecular complexity index is 1030. The second-order valence-electron chi connectivity index (χ2n) is 6.84. The van der Waals surface area contributed by atoms with Crippen LogP contribution >= 0.6 is 11.8 Å². The second-order valence-corrected chi connectivity index (χ2v) is 7.93. The van der Waals surface area contributed by atoms with Crippen molar-refractivity contribution in [3.8, 4) is 5.69 Å². The Morgan fingerprint density at radius 3 is 2.63 bits per heavy atom. The SMILES string of the molecule is Cc1ccc(C)c(C2SCC(=O)Nc3c2c(C)nn3-c2ccc(F)cc2)c1. The number of fused-ring (bicyclic) bond motifs is 1. The number of hydrogen-bond donors (Lipinski definition) is 1. The highest BCUT2D eigenvalue weighted by Crippen LogP contribution is 2.44. The maximum absolute atomic E-state index is 13.3. The largest absolute Gasteiger partial charge is 0.310 e. The van der Waals surface area contributed by atoms with Crippen LogP contribution in [0.15, 0.2) is 42.5 Å². The summed E-state index contributed by atoms with van der Waals surface area (Å²) in [6.45, 7) is 6.12. The van der Waals surface area contributed by atoms with Crippen molar-refractivity contribution >= 4 is 23.5 Å².